The molecule has 2 heteroatoms. The number of aliphatic hydroxyl groups excluding tert-OH is 1. The largest absolute Gasteiger partial charge is 0.390 e. The Hall–Kier alpha value is -0.340. The van der Waals surface area contributed by atoms with Gasteiger partial charge in [0.05, 0.1) is 6.10 Å². The van der Waals surface area contributed by atoms with Crippen molar-refractivity contribution in [1.29, 1.82) is 0 Å². The van der Waals surface area contributed by atoms with Gasteiger partial charge >= 0.3 is 0 Å². The maximum atomic E-state index is 11.0. The van der Waals surface area contributed by atoms with Gasteiger partial charge in [-0.25, -0.2) is 0 Å². The molecule has 0 bridgehead atoms. The monoisotopic (exact) mass is 252 g/mol. The lowest BCUT2D eigenvalue weighted by Gasteiger charge is -2.38. The van der Waals surface area contributed by atoms with Crippen LogP contribution in [0, 0.1) is 0 Å². The maximum Gasteiger partial charge on any atom is 0.111 e. The third-order valence-electron chi connectivity index (χ3n) is 4.68. The van der Waals surface area contributed by atoms with Gasteiger partial charge in [-0.15, -0.1) is 0 Å². The van der Waals surface area contributed by atoms with Crippen molar-refractivity contribution in [2.75, 3.05) is 0 Å². The van der Waals surface area contributed by atoms with E-state index in [1.807, 2.05) is 0 Å². The maximum absolute atomic E-state index is 11.0. The molecular weight excluding hydrogens is 224 g/mol. The standard InChI is InChI=1S/C16H28O2/c17-15-12-8-4-5-9-13-16(15,18)14-10-6-2-1-3-7-11-14/h10,15,17-18H,1-9,11-13H2. The summed E-state index contributed by atoms with van der Waals surface area (Å²) in [6.07, 6.45) is 14.7. The van der Waals surface area contributed by atoms with Gasteiger partial charge in [-0.3, -0.25) is 0 Å². The first-order valence-corrected chi connectivity index (χ1v) is 7.83. The Morgan fingerprint density at radius 1 is 0.944 bits per heavy atom. The lowest BCUT2D eigenvalue weighted by molar-refractivity contribution is -0.0647. The van der Waals surface area contributed by atoms with Crippen LogP contribution < -0.4 is 0 Å². The average Bonchev–Trinajstić information content (AvgIpc) is 2.30. The number of hydrogen-bond donors (Lipinski definition) is 2. The molecular formula is C16H28O2. The summed E-state index contributed by atoms with van der Waals surface area (Å²) in [6.45, 7) is 0. The van der Waals surface area contributed by atoms with Gasteiger partial charge in [0.15, 0.2) is 0 Å². The van der Waals surface area contributed by atoms with Crippen LogP contribution in [0.2, 0.25) is 0 Å². The molecule has 0 aromatic heterocycles. The molecule has 18 heavy (non-hydrogen) atoms. The van der Waals surface area contributed by atoms with Crippen molar-refractivity contribution in [2.45, 2.75) is 88.8 Å². The Kier molecular flexibility index (Phi) is 5.25. The third-order valence-corrected chi connectivity index (χ3v) is 4.68. The van der Waals surface area contributed by atoms with E-state index in [0.29, 0.717) is 0 Å². The van der Waals surface area contributed by atoms with Gasteiger partial charge in [0.25, 0.3) is 0 Å². The number of hydrogen-bond acceptors (Lipinski definition) is 2. The molecule has 2 atom stereocenters. The Labute approximate surface area is 111 Å². The number of rotatable bonds is 1. The first-order valence-electron chi connectivity index (χ1n) is 7.83. The van der Waals surface area contributed by atoms with Crippen molar-refractivity contribution in [3.63, 3.8) is 0 Å². The van der Waals surface area contributed by atoms with Crippen molar-refractivity contribution in [3.8, 4) is 0 Å². The smallest absolute Gasteiger partial charge is 0.111 e. The molecule has 0 heterocycles. The normalized spacial score (nSPS) is 35.9. The molecule has 2 rings (SSSR count). The molecule has 104 valence electrons. The van der Waals surface area contributed by atoms with Gasteiger partial charge in [0, 0.05) is 0 Å². The second-order valence-electron chi connectivity index (χ2n) is 6.08. The predicted octanol–water partition coefficient (Wildman–Crippen LogP) is 3.71. The molecule has 0 radical (unpaired) electrons. The molecule has 2 N–H and O–H groups in total. The molecule has 1 saturated carbocycles. The molecule has 0 spiro atoms. The molecule has 0 amide bonds. The second kappa shape index (κ2) is 6.72. The Morgan fingerprint density at radius 2 is 1.67 bits per heavy atom. The summed E-state index contributed by atoms with van der Waals surface area (Å²) in [4.78, 5) is 0. The van der Waals surface area contributed by atoms with E-state index in [1.165, 1.54) is 38.5 Å². The van der Waals surface area contributed by atoms with Crippen LogP contribution in [0.1, 0.15) is 77.0 Å². The molecule has 0 aromatic carbocycles. The lowest BCUT2D eigenvalue weighted by Crippen LogP contribution is -2.45. The topological polar surface area (TPSA) is 40.5 Å². The predicted molar refractivity (Wildman–Crippen MR) is 74.4 cm³/mol. The molecule has 0 aromatic rings. The number of allylic oxidation sites excluding steroid dienone is 1. The highest BCUT2D eigenvalue weighted by Gasteiger charge is 2.38. The summed E-state index contributed by atoms with van der Waals surface area (Å²) in [6, 6.07) is 0. The van der Waals surface area contributed by atoms with Crippen molar-refractivity contribution in [3.05, 3.63) is 11.6 Å². The Bertz CT molecular complexity index is 285. The van der Waals surface area contributed by atoms with Gasteiger partial charge in [-0.05, 0) is 44.1 Å². The van der Waals surface area contributed by atoms with Crippen LogP contribution in [-0.2, 0) is 0 Å². The minimum atomic E-state index is -0.919. The quantitative estimate of drug-likeness (QED) is 0.698. The molecule has 2 aliphatic rings. The molecule has 2 unspecified atom stereocenters. The summed E-state index contributed by atoms with van der Waals surface area (Å²) in [5, 5.41) is 21.3. The van der Waals surface area contributed by atoms with Crippen LogP contribution >= 0.6 is 0 Å². The van der Waals surface area contributed by atoms with Crippen molar-refractivity contribution in [2.24, 2.45) is 0 Å². The SMILES string of the molecule is OC1CCCCCCC1(O)C1=CCCCCCC1. The van der Waals surface area contributed by atoms with Crippen LogP contribution in [0.15, 0.2) is 11.6 Å². The molecule has 1 fully saturated rings. The van der Waals surface area contributed by atoms with Crippen molar-refractivity contribution >= 4 is 0 Å². The highest BCUT2D eigenvalue weighted by atomic mass is 16.3. The summed E-state index contributed by atoms with van der Waals surface area (Å²) >= 11 is 0. The molecule has 0 saturated heterocycles. The minimum absolute atomic E-state index is 0.552. The van der Waals surface area contributed by atoms with Gasteiger partial charge in [0.2, 0.25) is 0 Å². The third kappa shape index (κ3) is 3.36. The van der Waals surface area contributed by atoms with Gasteiger partial charge in [-0.1, -0.05) is 44.6 Å². The first-order chi connectivity index (χ1) is 8.73. The van der Waals surface area contributed by atoms with Crippen molar-refractivity contribution in [1.82, 2.24) is 0 Å². The first kappa shape index (κ1) is 14.1. The fraction of sp³-hybridized carbons (Fsp3) is 0.875. The molecule has 2 nitrogen and oxygen atoms in total. The Morgan fingerprint density at radius 3 is 2.56 bits per heavy atom. The van der Waals surface area contributed by atoms with E-state index in [9.17, 15) is 10.2 Å². The van der Waals surface area contributed by atoms with E-state index >= 15 is 0 Å². The van der Waals surface area contributed by atoms with Crippen LogP contribution in [-0.4, -0.2) is 21.9 Å². The summed E-state index contributed by atoms with van der Waals surface area (Å²) in [7, 11) is 0. The van der Waals surface area contributed by atoms with Gasteiger partial charge in [-0.2, -0.15) is 0 Å². The Balaban J connectivity index is 2.13. The van der Waals surface area contributed by atoms with Crippen LogP contribution in [0.5, 0.6) is 0 Å². The van der Waals surface area contributed by atoms with E-state index in [1.54, 1.807) is 0 Å². The lowest BCUT2D eigenvalue weighted by atomic mass is 9.76. The molecule has 2 aliphatic carbocycles. The van der Waals surface area contributed by atoms with E-state index in [2.05, 4.69) is 6.08 Å². The summed E-state index contributed by atoms with van der Waals surface area (Å²) in [5.74, 6) is 0. The zero-order valence-corrected chi connectivity index (χ0v) is 11.5. The van der Waals surface area contributed by atoms with E-state index in [4.69, 9.17) is 0 Å². The van der Waals surface area contributed by atoms with E-state index in [0.717, 1.165) is 44.1 Å². The zero-order chi connectivity index (χ0) is 12.8. The molecule has 0 aliphatic heterocycles. The van der Waals surface area contributed by atoms with Gasteiger partial charge < -0.3 is 10.2 Å². The summed E-state index contributed by atoms with van der Waals surface area (Å²) in [5.41, 5.74) is 0.217. The fourth-order valence-corrected chi connectivity index (χ4v) is 3.45. The highest BCUT2D eigenvalue weighted by molar-refractivity contribution is 5.20. The van der Waals surface area contributed by atoms with Gasteiger partial charge in [0.1, 0.15) is 5.60 Å². The summed E-state index contributed by atoms with van der Waals surface area (Å²) < 4.78 is 0. The van der Waals surface area contributed by atoms with Crippen LogP contribution in [0.25, 0.3) is 0 Å². The minimum Gasteiger partial charge on any atom is -0.390 e. The average molecular weight is 252 g/mol. The second-order valence-corrected chi connectivity index (χ2v) is 6.08. The fourth-order valence-electron chi connectivity index (χ4n) is 3.45. The van der Waals surface area contributed by atoms with Crippen LogP contribution in [0.3, 0.4) is 0 Å². The van der Waals surface area contributed by atoms with E-state index in [-0.39, 0.29) is 0 Å². The van der Waals surface area contributed by atoms with Crippen molar-refractivity contribution < 1.29 is 10.2 Å². The number of aliphatic hydroxyl groups is 2. The van der Waals surface area contributed by atoms with E-state index < -0.39 is 11.7 Å². The van der Waals surface area contributed by atoms with Crippen LogP contribution in [0.4, 0.5) is 0 Å². The highest BCUT2D eigenvalue weighted by Crippen LogP contribution is 2.36. The zero-order valence-electron chi connectivity index (χ0n) is 11.5.